The predicted octanol–water partition coefficient (Wildman–Crippen LogP) is 3.77. The highest BCUT2D eigenvalue weighted by Crippen LogP contribution is 2.31. The first-order valence-electron chi connectivity index (χ1n) is 9.39. The number of hydrogen-bond acceptors (Lipinski definition) is 5. The molecule has 1 unspecified atom stereocenters. The van der Waals surface area contributed by atoms with Gasteiger partial charge in [0.15, 0.2) is 0 Å². The Morgan fingerprint density at radius 3 is 2.29 bits per heavy atom. The van der Waals surface area contributed by atoms with Crippen molar-refractivity contribution in [2.75, 3.05) is 18.0 Å². The van der Waals surface area contributed by atoms with E-state index in [9.17, 15) is 14.9 Å². The third kappa shape index (κ3) is 3.61. The summed E-state index contributed by atoms with van der Waals surface area (Å²) in [7, 11) is 0. The molecule has 0 N–H and O–H groups in total. The van der Waals surface area contributed by atoms with Crippen LogP contribution in [0.5, 0.6) is 0 Å². The number of amides is 1. The molecule has 2 aromatic rings. The molecule has 1 saturated heterocycles. The smallest absolute Gasteiger partial charge is 0.287 e. The predicted molar refractivity (Wildman–Crippen MR) is 105 cm³/mol. The highest BCUT2D eigenvalue weighted by Gasteiger charge is 2.37. The van der Waals surface area contributed by atoms with Gasteiger partial charge in [-0.1, -0.05) is 24.6 Å². The molecule has 7 heteroatoms. The highest BCUT2D eigenvalue weighted by atomic mass is 16.6. The largest absolute Gasteiger partial charge is 0.463 e. The number of rotatable bonds is 4. The van der Waals surface area contributed by atoms with E-state index < -0.39 is 11.2 Å². The van der Waals surface area contributed by atoms with Crippen LogP contribution in [0.4, 0.5) is 11.4 Å². The number of likely N-dealkylation sites (tertiary alicyclic amines) is 1. The van der Waals surface area contributed by atoms with Crippen molar-refractivity contribution in [1.29, 1.82) is 0 Å². The number of carbonyl (C=O) groups excluding carboxylic acids is 1. The Bertz CT molecular complexity index is 890. The molecular formula is C21H21N3O4. The molecule has 0 radical (unpaired) electrons. The van der Waals surface area contributed by atoms with Crippen LogP contribution in [0.25, 0.3) is 5.76 Å². The fourth-order valence-corrected chi connectivity index (χ4v) is 3.56. The van der Waals surface area contributed by atoms with E-state index in [2.05, 4.69) is 4.90 Å². The van der Waals surface area contributed by atoms with Crippen molar-refractivity contribution in [3.05, 3.63) is 76.5 Å². The van der Waals surface area contributed by atoms with Crippen LogP contribution in [0.2, 0.25) is 0 Å². The Kier molecular flexibility index (Phi) is 5.08. The number of benzene rings is 2. The number of ether oxygens (including phenoxy) is 1. The summed E-state index contributed by atoms with van der Waals surface area (Å²) < 4.78 is 6.10. The van der Waals surface area contributed by atoms with Gasteiger partial charge in [-0.2, -0.15) is 0 Å². The van der Waals surface area contributed by atoms with Crippen molar-refractivity contribution in [2.45, 2.75) is 25.5 Å². The van der Waals surface area contributed by atoms with E-state index in [-0.39, 0.29) is 11.6 Å². The average Bonchev–Trinajstić information content (AvgIpc) is 2.75. The lowest BCUT2D eigenvalue weighted by Crippen LogP contribution is -2.52. The third-order valence-electron chi connectivity index (χ3n) is 5.05. The third-order valence-corrected chi connectivity index (χ3v) is 5.05. The molecule has 0 aliphatic carbocycles. The zero-order valence-corrected chi connectivity index (χ0v) is 15.4. The molecule has 2 heterocycles. The number of nitrogens with zero attached hydrogens (tertiary/aromatic N) is 3. The summed E-state index contributed by atoms with van der Waals surface area (Å²) in [5.41, 5.74) is 1.47. The van der Waals surface area contributed by atoms with Gasteiger partial charge in [0, 0.05) is 36.5 Å². The van der Waals surface area contributed by atoms with Gasteiger partial charge in [-0.05, 0) is 37.1 Å². The SMILES string of the molecule is O=C1C(N2CCCCC2)OC(c2ccc([N+](=O)[O-])cc2)=CN1c1ccccc1. The maximum Gasteiger partial charge on any atom is 0.287 e. The molecule has 1 atom stereocenters. The Hall–Kier alpha value is -3.19. The van der Waals surface area contributed by atoms with Crippen LogP contribution in [0.3, 0.4) is 0 Å². The second kappa shape index (κ2) is 7.82. The van der Waals surface area contributed by atoms with E-state index in [0.29, 0.717) is 11.3 Å². The van der Waals surface area contributed by atoms with Crippen LogP contribution in [0.15, 0.2) is 60.8 Å². The first-order chi connectivity index (χ1) is 13.6. The summed E-state index contributed by atoms with van der Waals surface area (Å²) in [6.45, 7) is 1.62. The number of carbonyl (C=O) groups is 1. The second-order valence-corrected chi connectivity index (χ2v) is 6.91. The molecule has 4 rings (SSSR count). The minimum Gasteiger partial charge on any atom is -0.463 e. The molecular weight excluding hydrogens is 358 g/mol. The van der Waals surface area contributed by atoms with Gasteiger partial charge < -0.3 is 4.74 Å². The first kappa shape index (κ1) is 18.2. The summed E-state index contributed by atoms with van der Waals surface area (Å²) in [6.07, 6.45) is 4.20. The van der Waals surface area contributed by atoms with Gasteiger partial charge in [0.2, 0.25) is 6.23 Å². The number of hydrogen-bond donors (Lipinski definition) is 0. The number of non-ortho nitro benzene ring substituents is 1. The quantitative estimate of drug-likeness (QED) is 0.597. The van der Waals surface area contributed by atoms with Crippen molar-refractivity contribution in [3.8, 4) is 0 Å². The molecule has 0 saturated carbocycles. The summed E-state index contributed by atoms with van der Waals surface area (Å²) in [5, 5.41) is 10.9. The van der Waals surface area contributed by atoms with Crippen LogP contribution in [0, 0.1) is 10.1 Å². The van der Waals surface area contributed by atoms with Gasteiger partial charge in [-0.3, -0.25) is 24.7 Å². The molecule has 0 bridgehead atoms. The summed E-state index contributed by atoms with van der Waals surface area (Å²) >= 11 is 0. The van der Waals surface area contributed by atoms with Crippen LogP contribution >= 0.6 is 0 Å². The maximum absolute atomic E-state index is 13.2. The highest BCUT2D eigenvalue weighted by molar-refractivity contribution is 6.01. The zero-order valence-electron chi connectivity index (χ0n) is 15.4. The zero-order chi connectivity index (χ0) is 19.5. The molecule has 1 fully saturated rings. The van der Waals surface area contributed by atoms with E-state index in [1.807, 2.05) is 30.3 Å². The van der Waals surface area contributed by atoms with Gasteiger partial charge in [0.1, 0.15) is 5.76 Å². The van der Waals surface area contributed by atoms with Gasteiger partial charge in [-0.15, -0.1) is 0 Å². The molecule has 2 aliphatic heterocycles. The molecule has 144 valence electrons. The normalized spacial score (nSPS) is 20.4. The fraction of sp³-hybridized carbons (Fsp3) is 0.286. The summed E-state index contributed by atoms with van der Waals surface area (Å²) in [4.78, 5) is 27.3. The van der Waals surface area contributed by atoms with Gasteiger partial charge >= 0.3 is 0 Å². The lowest BCUT2D eigenvalue weighted by molar-refractivity contribution is -0.384. The molecule has 28 heavy (non-hydrogen) atoms. The lowest BCUT2D eigenvalue weighted by Gasteiger charge is -2.39. The van der Waals surface area contributed by atoms with Crippen LogP contribution in [-0.2, 0) is 9.53 Å². The molecule has 0 aromatic heterocycles. The van der Waals surface area contributed by atoms with Crippen molar-refractivity contribution in [2.24, 2.45) is 0 Å². The average molecular weight is 379 g/mol. The van der Waals surface area contributed by atoms with Crippen LogP contribution in [-0.4, -0.2) is 35.0 Å². The molecule has 1 amide bonds. The monoisotopic (exact) mass is 379 g/mol. The van der Waals surface area contributed by atoms with Crippen molar-refractivity contribution < 1.29 is 14.5 Å². The fourth-order valence-electron chi connectivity index (χ4n) is 3.56. The molecule has 0 spiro atoms. The van der Waals surface area contributed by atoms with Crippen molar-refractivity contribution >= 4 is 23.0 Å². The minimum absolute atomic E-state index is 0.0173. The van der Waals surface area contributed by atoms with Crippen molar-refractivity contribution in [1.82, 2.24) is 4.90 Å². The van der Waals surface area contributed by atoms with E-state index >= 15 is 0 Å². The standard InChI is InChI=1S/C21H21N3O4/c25-20-21(22-13-5-2-6-14-22)28-19(15-23(20)17-7-3-1-4-8-17)16-9-11-18(12-10-16)24(26)27/h1,3-4,7-12,15,21H,2,5-6,13-14H2. The lowest BCUT2D eigenvalue weighted by atomic mass is 10.1. The van der Waals surface area contributed by atoms with E-state index in [0.717, 1.165) is 38.0 Å². The number of nitro groups is 1. The Morgan fingerprint density at radius 2 is 1.64 bits per heavy atom. The number of piperidine rings is 1. The van der Waals surface area contributed by atoms with E-state index in [4.69, 9.17) is 4.74 Å². The number of para-hydroxylation sites is 1. The van der Waals surface area contributed by atoms with Crippen molar-refractivity contribution in [3.63, 3.8) is 0 Å². The Labute approximate surface area is 163 Å². The number of anilines is 1. The molecule has 2 aromatic carbocycles. The summed E-state index contributed by atoms with van der Waals surface area (Å²) in [5.74, 6) is 0.396. The molecule has 2 aliphatic rings. The maximum atomic E-state index is 13.2. The first-order valence-corrected chi connectivity index (χ1v) is 9.39. The van der Waals surface area contributed by atoms with Gasteiger partial charge in [-0.25, -0.2) is 0 Å². The van der Waals surface area contributed by atoms with Crippen LogP contribution < -0.4 is 4.90 Å². The molecule has 7 nitrogen and oxygen atoms in total. The van der Waals surface area contributed by atoms with Gasteiger partial charge in [0.25, 0.3) is 11.6 Å². The van der Waals surface area contributed by atoms with Gasteiger partial charge in [0.05, 0.1) is 11.1 Å². The summed E-state index contributed by atoms with van der Waals surface area (Å²) in [6, 6.07) is 15.6. The Morgan fingerprint density at radius 1 is 0.964 bits per heavy atom. The topological polar surface area (TPSA) is 75.9 Å². The minimum atomic E-state index is -0.698. The van der Waals surface area contributed by atoms with E-state index in [1.54, 1.807) is 23.2 Å². The van der Waals surface area contributed by atoms with Crippen LogP contribution in [0.1, 0.15) is 24.8 Å². The number of nitro benzene ring substituents is 1. The second-order valence-electron chi connectivity index (χ2n) is 6.91. The Balaban J connectivity index is 1.70. The van der Waals surface area contributed by atoms with E-state index in [1.165, 1.54) is 12.1 Å².